The summed E-state index contributed by atoms with van der Waals surface area (Å²) in [5.41, 5.74) is 4.82. The van der Waals surface area contributed by atoms with Gasteiger partial charge in [0.1, 0.15) is 18.3 Å². The highest BCUT2D eigenvalue weighted by Gasteiger charge is 2.49. The van der Waals surface area contributed by atoms with Crippen molar-refractivity contribution in [3.63, 3.8) is 0 Å². The molecule has 0 bridgehead atoms. The minimum atomic E-state index is -1.81. The quantitative estimate of drug-likeness (QED) is 0.265. The number of aliphatic hydroxyl groups is 3. The Kier molecular flexibility index (Phi) is 6.08. The minimum absolute atomic E-state index is 0.468. The van der Waals surface area contributed by atoms with Gasteiger partial charge in [0.05, 0.1) is 19.9 Å². The first-order valence-electron chi connectivity index (χ1n) is 11.4. The number of aryl methyl sites for hydroxylation is 1. The first-order valence-corrected chi connectivity index (χ1v) is 11.4. The molecule has 1 aliphatic heterocycles. The first-order chi connectivity index (χ1) is 17.2. The number of nitrogens with zero attached hydrogens (tertiary/aromatic N) is 2. The molecule has 1 fully saturated rings. The highest BCUT2D eigenvalue weighted by atomic mass is 16.6. The second-order valence-corrected chi connectivity index (χ2v) is 8.91. The molecule has 2 heterocycles. The highest BCUT2D eigenvalue weighted by molar-refractivity contribution is 5.82. The summed E-state index contributed by atoms with van der Waals surface area (Å²) < 4.78 is 17.9. The van der Waals surface area contributed by atoms with Crippen LogP contribution in [0.3, 0.4) is 0 Å². The fourth-order valence-corrected chi connectivity index (χ4v) is 4.81. The van der Waals surface area contributed by atoms with E-state index in [2.05, 4.69) is 10.4 Å². The van der Waals surface area contributed by atoms with Crippen LogP contribution in [0.4, 0.5) is 11.5 Å². The van der Waals surface area contributed by atoms with Gasteiger partial charge in [0.15, 0.2) is 29.6 Å². The maximum absolute atomic E-state index is 11.7. The lowest BCUT2D eigenvalue weighted by Crippen LogP contribution is -2.58. The molecule has 5 rings (SSSR count). The van der Waals surface area contributed by atoms with Crippen molar-refractivity contribution in [2.75, 3.05) is 19.5 Å². The second-order valence-electron chi connectivity index (χ2n) is 8.91. The summed E-state index contributed by atoms with van der Waals surface area (Å²) in [6.07, 6.45) is -7.88. The largest absolute Gasteiger partial charge is 0.493 e. The van der Waals surface area contributed by atoms with Gasteiger partial charge in [-0.1, -0.05) is 12.1 Å². The standard InChI is InChI=1S/C25H27N3O8/c1-11-5-4-6-13(7-11)26-23-15-8-12-9-16(34-2)17(35-3)10-14(12)18(15)28(27-23)24-21(31)19(29)20(30)22(36-24)25(32)33/h4-7,9-10,19-22,24,29-31H,8H2,1-3H3,(H,26,27)(H,32,33)/t19-,20-,21+,22-,24+/m0/s1. The summed E-state index contributed by atoms with van der Waals surface area (Å²) in [5, 5.41) is 48.9. The van der Waals surface area contributed by atoms with E-state index in [-0.39, 0.29) is 0 Å². The van der Waals surface area contributed by atoms with Crippen molar-refractivity contribution in [3.05, 3.63) is 53.1 Å². The van der Waals surface area contributed by atoms with Gasteiger partial charge in [-0.15, -0.1) is 0 Å². The van der Waals surface area contributed by atoms with Crippen LogP contribution >= 0.6 is 0 Å². The Labute approximate surface area is 206 Å². The second kappa shape index (κ2) is 9.10. The predicted molar refractivity (Wildman–Crippen MR) is 128 cm³/mol. The van der Waals surface area contributed by atoms with E-state index in [1.165, 1.54) is 11.8 Å². The lowest BCUT2D eigenvalue weighted by atomic mass is 9.98. The van der Waals surface area contributed by atoms with Crippen LogP contribution in [0.15, 0.2) is 36.4 Å². The van der Waals surface area contributed by atoms with Crippen molar-refractivity contribution >= 4 is 17.5 Å². The van der Waals surface area contributed by atoms with Crippen LogP contribution in [0, 0.1) is 6.92 Å². The molecule has 11 heteroatoms. The molecule has 0 spiro atoms. The van der Waals surface area contributed by atoms with Gasteiger partial charge in [-0.3, -0.25) is 0 Å². The van der Waals surface area contributed by atoms with Crippen LogP contribution < -0.4 is 14.8 Å². The Bertz CT molecular complexity index is 1320. The van der Waals surface area contributed by atoms with E-state index in [0.29, 0.717) is 29.4 Å². The van der Waals surface area contributed by atoms with Crippen molar-refractivity contribution in [3.8, 4) is 22.8 Å². The summed E-state index contributed by atoms with van der Waals surface area (Å²) in [6.45, 7) is 1.97. The normalized spacial score (nSPS) is 24.7. The zero-order valence-electron chi connectivity index (χ0n) is 19.9. The number of carboxylic acid groups (broad SMARTS) is 1. The average Bonchev–Trinajstić information content (AvgIpc) is 3.38. The maximum Gasteiger partial charge on any atom is 0.335 e. The average molecular weight is 498 g/mol. The van der Waals surface area contributed by atoms with Gasteiger partial charge >= 0.3 is 5.97 Å². The molecule has 1 saturated heterocycles. The molecular weight excluding hydrogens is 470 g/mol. The van der Waals surface area contributed by atoms with Crippen molar-refractivity contribution < 1.29 is 39.4 Å². The van der Waals surface area contributed by atoms with Gasteiger partial charge in [-0.05, 0) is 42.3 Å². The number of rotatable bonds is 6. The van der Waals surface area contributed by atoms with E-state index >= 15 is 0 Å². The topological polar surface area (TPSA) is 156 Å². The molecule has 190 valence electrons. The molecule has 2 aliphatic rings. The van der Waals surface area contributed by atoms with E-state index in [4.69, 9.17) is 14.2 Å². The number of aliphatic carboxylic acids is 1. The minimum Gasteiger partial charge on any atom is -0.493 e. The number of carbonyl (C=O) groups is 1. The smallest absolute Gasteiger partial charge is 0.335 e. The molecule has 5 N–H and O–H groups in total. The van der Waals surface area contributed by atoms with Crippen LogP contribution in [0.2, 0.25) is 0 Å². The molecule has 0 amide bonds. The van der Waals surface area contributed by atoms with E-state index in [0.717, 1.165) is 27.9 Å². The third-order valence-corrected chi connectivity index (χ3v) is 6.59. The Morgan fingerprint density at radius 3 is 2.47 bits per heavy atom. The number of nitrogens with one attached hydrogen (secondary N) is 1. The van der Waals surface area contributed by atoms with Crippen LogP contribution in [0.25, 0.3) is 11.3 Å². The number of hydrogen-bond acceptors (Lipinski definition) is 9. The molecule has 11 nitrogen and oxygen atoms in total. The number of anilines is 2. The molecule has 0 radical (unpaired) electrons. The Balaban J connectivity index is 1.66. The fraction of sp³-hybridized carbons (Fsp3) is 0.360. The number of aromatic nitrogens is 2. The zero-order valence-corrected chi connectivity index (χ0v) is 19.9. The maximum atomic E-state index is 11.7. The molecule has 2 aromatic carbocycles. The lowest BCUT2D eigenvalue weighted by Gasteiger charge is -2.39. The highest BCUT2D eigenvalue weighted by Crippen LogP contribution is 2.47. The van der Waals surface area contributed by atoms with E-state index in [1.807, 2.05) is 37.3 Å². The van der Waals surface area contributed by atoms with Gasteiger partial charge in [0.25, 0.3) is 0 Å². The van der Waals surface area contributed by atoms with Gasteiger partial charge in [-0.2, -0.15) is 5.10 Å². The third kappa shape index (κ3) is 3.86. The Morgan fingerprint density at radius 1 is 1.08 bits per heavy atom. The summed E-state index contributed by atoms with van der Waals surface area (Å²) in [5.74, 6) is 0.0433. The molecule has 1 aliphatic carbocycles. The molecule has 3 aromatic rings. The van der Waals surface area contributed by atoms with Gasteiger partial charge in [0.2, 0.25) is 0 Å². The van der Waals surface area contributed by atoms with Crippen molar-refractivity contribution in [1.29, 1.82) is 0 Å². The molecular formula is C25H27N3O8. The van der Waals surface area contributed by atoms with Crippen LogP contribution in [0.5, 0.6) is 11.5 Å². The van der Waals surface area contributed by atoms with E-state index in [1.54, 1.807) is 13.2 Å². The first kappa shape index (κ1) is 24.1. The number of carboxylic acids is 1. The van der Waals surface area contributed by atoms with E-state index < -0.39 is 36.6 Å². The number of fused-ring (bicyclic) bond motifs is 3. The summed E-state index contributed by atoms with van der Waals surface area (Å²) >= 11 is 0. The van der Waals surface area contributed by atoms with Crippen molar-refractivity contribution in [1.82, 2.24) is 9.78 Å². The number of ether oxygens (including phenoxy) is 3. The lowest BCUT2D eigenvalue weighted by molar-refractivity contribution is -0.248. The monoisotopic (exact) mass is 497 g/mol. The number of aliphatic hydroxyl groups excluding tert-OH is 3. The van der Waals surface area contributed by atoms with E-state index in [9.17, 15) is 25.2 Å². The molecule has 0 unspecified atom stereocenters. The van der Waals surface area contributed by atoms with Gasteiger partial charge < -0.3 is 40.0 Å². The molecule has 0 saturated carbocycles. The Morgan fingerprint density at radius 2 is 1.81 bits per heavy atom. The SMILES string of the molecule is COc1cc2c(cc1OC)-c1c(c(Nc3cccc(C)c3)nn1[C@@H]1O[C@H](C(=O)O)[C@@H](O)[C@H](O)[C@H]1O)C2. The zero-order chi connectivity index (χ0) is 25.7. The van der Waals surface area contributed by atoms with Crippen molar-refractivity contribution in [2.24, 2.45) is 0 Å². The molecule has 1 aromatic heterocycles. The molecule has 5 atom stereocenters. The summed E-state index contributed by atoms with van der Waals surface area (Å²) in [7, 11) is 3.06. The number of hydrogen-bond donors (Lipinski definition) is 5. The number of methoxy groups -OCH3 is 2. The van der Waals surface area contributed by atoms with Crippen LogP contribution in [0.1, 0.15) is 22.9 Å². The summed E-state index contributed by atoms with van der Waals surface area (Å²) in [6, 6.07) is 11.3. The number of benzene rings is 2. The summed E-state index contributed by atoms with van der Waals surface area (Å²) in [4.78, 5) is 11.7. The van der Waals surface area contributed by atoms with Crippen LogP contribution in [-0.4, -0.2) is 74.8 Å². The Hall–Kier alpha value is -3.64. The predicted octanol–water partition coefficient (Wildman–Crippen LogP) is 1.59. The fourth-order valence-electron chi connectivity index (χ4n) is 4.81. The third-order valence-electron chi connectivity index (χ3n) is 6.59. The van der Waals surface area contributed by atoms with Crippen LogP contribution in [-0.2, 0) is 16.0 Å². The van der Waals surface area contributed by atoms with Gasteiger partial charge in [0, 0.05) is 23.2 Å². The van der Waals surface area contributed by atoms with Gasteiger partial charge in [-0.25, -0.2) is 9.48 Å². The molecule has 36 heavy (non-hydrogen) atoms. The van der Waals surface area contributed by atoms with Crippen molar-refractivity contribution in [2.45, 2.75) is 44.0 Å².